The number of nitrogens with two attached hydrogens (primary N) is 1. The third kappa shape index (κ3) is 1.85. The fourth-order valence-electron chi connectivity index (χ4n) is 2.23. The zero-order chi connectivity index (χ0) is 11.7. The fourth-order valence-corrected chi connectivity index (χ4v) is 2.23. The van der Waals surface area contributed by atoms with Gasteiger partial charge in [0.05, 0.1) is 6.04 Å². The second-order valence-electron chi connectivity index (χ2n) is 4.79. The highest BCUT2D eigenvalue weighted by atomic mass is 16.2. The molecular formula is C12H19N3O. The molecular weight excluding hydrogens is 202 g/mol. The monoisotopic (exact) mass is 221 g/mol. The van der Waals surface area contributed by atoms with Gasteiger partial charge in [-0.15, -0.1) is 0 Å². The highest BCUT2D eigenvalue weighted by molar-refractivity contribution is 5.93. The Balaban J connectivity index is 2.27. The minimum absolute atomic E-state index is 0.111. The molecule has 16 heavy (non-hydrogen) atoms. The quantitative estimate of drug-likeness (QED) is 0.825. The molecule has 1 aromatic heterocycles. The van der Waals surface area contributed by atoms with Crippen molar-refractivity contribution < 1.29 is 4.79 Å². The van der Waals surface area contributed by atoms with E-state index in [1.165, 1.54) is 0 Å². The Labute approximate surface area is 96.0 Å². The molecule has 1 amide bonds. The third-order valence-corrected chi connectivity index (χ3v) is 2.99. The number of hydrogen-bond acceptors (Lipinski definition) is 2. The molecule has 2 heterocycles. The molecule has 0 radical (unpaired) electrons. The van der Waals surface area contributed by atoms with E-state index in [1.54, 1.807) is 0 Å². The van der Waals surface area contributed by atoms with Crippen LogP contribution in [-0.2, 0) is 6.54 Å². The number of nitrogens with zero attached hydrogens (tertiary/aromatic N) is 2. The highest BCUT2D eigenvalue weighted by Gasteiger charge is 2.31. The lowest BCUT2D eigenvalue weighted by Crippen LogP contribution is -2.52. The molecule has 0 aliphatic carbocycles. The van der Waals surface area contributed by atoms with E-state index in [2.05, 4.69) is 13.8 Å². The first-order valence-electron chi connectivity index (χ1n) is 5.79. The van der Waals surface area contributed by atoms with Crippen LogP contribution in [0.1, 0.15) is 24.3 Å². The van der Waals surface area contributed by atoms with Crippen molar-refractivity contribution in [2.75, 3.05) is 13.1 Å². The summed E-state index contributed by atoms with van der Waals surface area (Å²) >= 11 is 0. The minimum atomic E-state index is 0.111. The van der Waals surface area contributed by atoms with Crippen LogP contribution in [0, 0.1) is 5.92 Å². The summed E-state index contributed by atoms with van der Waals surface area (Å²) in [5.41, 5.74) is 6.53. The van der Waals surface area contributed by atoms with Gasteiger partial charge in [0.15, 0.2) is 0 Å². The van der Waals surface area contributed by atoms with E-state index in [-0.39, 0.29) is 11.9 Å². The molecule has 1 atom stereocenters. The molecule has 0 saturated carbocycles. The van der Waals surface area contributed by atoms with Crippen LogP contribution in [0.3, 0.4) is 0 Å². The molecule has 2 rings (SSSR count). The van der Waals surface area contributed by atoms with Crippen LogP contribution < -0.4 is 5.73 Å². The van der Waals surface area contributed by atoms with Crippen molar-refractivity contribution in [3.8, 4) is 0 Å². The molecule has 88 valence electrons. The zero-order valence-electron chi connectivity index (χ0n) is 9.89. The highest BCUT2D eigenvalue weighted by Crippen LogP contribution is 2.19. The molecule has 0 fully saturated rings. The van der Waals surface area contributed by atoms with Gasteiger partial charge in [-0.3, -0.25) is 4.79 Å². The second-order valence-corrected chi connectivity index (χ2v) is 4.79. The van der Waals surface area contributed by atoms with Crippen molar-refractivity contribution >= 4 is 5.91 Å². The van der Waals surface area contributed by atoms with Gasteiger partial charge < -0.3 is 15.2 Å². The van der Waals surface area contributed by atoms with Gasteiger partial charge in [0.1, 0.15) is 5.69 Å². The van der Waals surface area contributed by atoms with Gasteiger partial charge in [0.2, 0.25) is 0 Å². The average molecular weight is 221 g/mol. The summed E-state index contributed by atoms with van der Waals surface area (Å²) in [4.78, 5) is 14.1. The van der Waals surface area contributed by atoms with Gasteiger partial charge in [-0.1, -0.05) is 13.8 Å². The maximum Gasteiger partial charge on any atom is 0.270 e. The topological polar surface area (TPSA) is 51.3 Å². The maximum absolute atomic E-state index is 12.2. The smallest absolute Gasteiger partial charge is 0.270 e. The van der Waals surface area contributed by atoms with E-state index in [1.807, 2.05) is 27.8 Å². The molecule has 1 aromatic rings. The van der Waals surface area contributed by atoms with Crippen molar-refractivity contribution in [1.29, 1.82) is 0 Å². The van der Waals surface area contributed by atoms with Gasteiger partial charge in [-0.05, 0) is 18.1 Å². The van der Waals surface area contributed by atoms with E-state index in [4.69, 9.17) is 5.73 Å². The lowest BCUT2D eigenvalue weighted by atomic mass is 10.1. The molecule has 4 nitrogen and oxygen atoms in total. The number of hydrogen-bond donors (Lipinski definition) is 1. The predicted octanol–water partition coefficient (Wildman–Crippen LogP) is 0.927. The summed E-state index contributed by atoms with van der Waals surface area (Å²) in [6, 6.07) is 3.93. The van der Waals surface area contributed by atoms with Crippen molar-refractivity contribution in [3.63, 3.8) is 0 Å². The number of aromatic nitrogens is 1. The van der Waals surface area contributed by atoms with Crippen LogP contribution in [-0.4, -0.2) is 34.5 Å². The van der Waals surface area contributed by atoms with Gasteiger partial charge >= 0.3 is 0 Å². The summed E-state index contributed by atoms with van der Waals surface area (Å²) in [6.07, 6.45) is 1.95. The summed E-state index contributed by atoms with van der Waals surface area (Å²) in [6.45, 7) is 6.36. The minimum Gasteiger partial charge on any atom is -0.341 e. The molecule has 2 N–H and O–H groups in total. The number of fused-ring (bicyclic) bond motifs is 1. The number of amides is 1. The molecule has 0 unspecified atom stereocenters. The molecule has 0 aromatic carbocycles. The van der Waals surface area contributed by atoms with E-state index < -0.39 is 0 Å². The Morgan fingerprint density at radius 3 is 2.94 bits per heavy atom. The molecule has 4 heteroatoms. The van der Waals surface area contributed by atoms with Crippen molar-refractivity contribution in [1.82, 2.24) is 9.47 Å². The SMILES string of the molecule is CC(C)CN1C(=O)c2cccn2C[C@H]1CN. The van der Waals surface area contributed by atoms with Gasteiger partial charge in [-0.25, -0.2) is 0 Å². The van der Waals surface area contributed by atoms with Crippen LogP contribution in [0.2, 0.25) is 0 Å². The Hall–Kier alpha value is -1.29. The first-order valence-corrected chi connectivity index (χ1v) is 5.79. The second kappa shape index (κ2) is 4.29. The summed E-state index contributed by atoms with van der Waals surface area (Å²) in [5, 5.41) is 0. The first kappa shape index (κ1) is 11.2. The van der Waals surface area contributed by atoms with Gasteiger partial charge in [-0.2, -0.15) is 0 Å². The zero-order valence-corrected chi connectivity index (χ0v) is 9.89. The third-order valence-electron chi connectivity index (χ3n) is 2.99. The maximum atomic E-state index is 12.2. The van der Waals surface area contributed by atoms with Crippen molar-refractivity contribution in [2.24, 2.45) is 11.7 Å². The molecule has 0 spiro atoms. The summed E-state index contributed by atoms with van der Waals surface area (Å²) in [5.74, 6) is 0.583. The number of carbonyl (C=O) groups excluding carboxylic acids is 1. The fraction of sp³-hybridized carbons (Fsp3) is 0.583. The normalized spacial score (nSPS) is 20.4. The summed E-state index contributed by atoms with van der Waals surface area (Å²) in [7, 11) is 0. The van der Waals surface area contributed by atoms with Crippen LogP contribution in [0.15, 0.2) is 18.3 Å². The van der Waals surface area contributed by atoms with E-state index in [9.17, 15) is 4.79 Å². The Morgan fingerprint density at radius 2 is 2.31 bits per heavy atom. The Kier molecular flexibility index (Phi) is 3.01. The average Bonchev–Trinajstić information content (AvgIpc) is 2.69. The van der Waals surface area contributed by atoms with Crippen LogP contribution in [0.4, 0.5) is 0 Å². The predicted molar refractivity (Wildman–Crippen MR) is 63.1 cm³/mol. The van der Waals surface area contributed by atoms with Crippen molar-refractivity contribution in [3.05, 3.63) is 24.0 Å². The standard InChI is InChI=1S/C12H19N3O/c1-9(2)7-15-10(6-13)8-14-5-3-4-11(14)12(15)16/h3-5,9-10H,6-8,13H2,1-2H3/t10-/m1/s1. The number of rotatable bonds is 3. The number of carbonyl (C=O) groups is 1. The van der Waals surface area contributed by atoms with E-state index >= 15 is 0 Å². The van der Waals surface area contributed by atoms with E-state index in [0.717, 1.165) is 18.8 Å². The van der Waals surface area contributed by atoms with Crippen molar-refractivity contribution in [2.45, 2.75) is 26.4 Å². The van der Waals surface area contributed by atoms with Gasteiger partial charge in [0.25, 0.3) is 5.91 Å². The largest absolute Gasteiger partial charge is 0.341 e. The molecule has 1 aliphatic heterocycles. The van der Waals surface area contributed by atoms with Crippen LogP contribution >= 0.6 is 0 Å². The van der Waals surface area contributed by atoms with E-state index in [0.29, 0.717) is 12.5 Å². The molecule has 0 saturated heterocycles. The first-order chi connectivity index (χ1) is 7.63. The lowest BCUT2D eigenvalue weighted by molar-refractivity contribution is 0.0573. The molecule has 0 bridgehead atoms. The molecule has 1 aliphatic rings. The lowest BCUT2D eigenvalue weighted by Gasteiger charge is -2.37. The van der Waals surface area contributed by atoms with Gasteiger partial charge in [0, 0.05) is 25.8 Å². The Morgan fingerprint density at radius 1 is 1.56 bits per heavy atom. The Bertz CT molecular complexity index is 383. The summed E-state index contributed by atoms with van der Waals surface area (Å²) < 4.78 is 2.00. The van der Waals surface area contributed by atoms with Crippen LogP contribution in [0.5, 0.6) is 0 Å². The van der Waals surface area contributed by atoms with Crippen LogP contribution in [0.25, 0.3) is 0 Å².